The maximum Gasteiger partial charge on any atom is 0.338 e. The number of hydrogen-bond acceptors (Lipinski definition) is 3. The van der Waals surface area contributed by atoms with Crippen molar-refractivity contribution in [3.8, 4) is 0 Å². The van der Waals surface area contributed by atoms with Crippen molar-refractivity contribution in [3.05, 3.63) is 23.6 Å². The predicted octanol–water partition coefficient (Wildman–Crippen LogP) is 2.93. The Hall–Kier alpha value is -1.65. The lowest BCUT2D eigenvalue weighted by Gasteiger charge is -2.37. The molecule has 1 aliphatic carbocycles. The van der Waals surface area contributed by atoms with Crippen LogP contribution < -0.4 is 4.90 Å². The summed E-state index contributed by atoms with van der Waals surface area (Å²) < 4.78 is 14.2. The van der Waals surface area contributed by atoms with Gasteiger partial charge in [-0.2, -0.15) is 0 Å². The number of rotatable bonds is 3. The van der Waals surface area contributed by atoms with Crippen molar-refractivity contribution < 1.29 is 14.3 Å². The summed E-state index contributed by atoms with van der Waals surface area (Å²) in [6, 6.07) is 1.42. The third-order valence-corrected chi connectivity index (χ3v) is 4.00. The van der Waals surface area contributed by atoms with E-state index in [2.05, 4.69) is 11.9 Å². The van der Waals surface area contributed by atoms with Crippen LogP contribution in [0.15, 0.2) is 12.3 Å². The number of nitrogens with zero attached hydrogens (tertiary/aromatic N) is 2. The smallest absolute Gasteiger partial charge is 0.338 e. The molecule has 1 aromatic heterocycles. The van der Waals surface area contributed by atoms with Crippen molar-refractivity contribution in [1.29, 1.82) is 0 Å². The zero-order valence-electron chi connectivity index (χ0n) is 11.3. The first kappa shape index (κ1) is 13.8. The second kappa shape index (κ2) is 5.55. The highest BCUT2D eigenvalue weighted by atomic mass is 19.1. The molecule has 0 saturated heterocycles. The highest BCUT2D eigenvalue weighted by molar-refractivity contribution is 5.88. The number of carbonyl (C=O) groups is 1. The SMILES string of the molecule is CC1CCCCC1N(C)c1nccc(C(=O)O)c1F. The normalized spacial score (nSPS) is 23.1. The lowest BCUT2D eigenvalue weighted by Crippen LogP contribution is -2.40. The number of halogens is 1. The maximum absolute atomic E-state index is 14.2. The number of anilines is 1. The van der Waals surface area contributed by atoms with E-state index >= 15 is 0 Å². The number of aromatic nitrogens is 1. The van der Waals surface area contributed by atoms with Gasteiger partial charge in [0.1, 0.15) is 5.56 Å². The van der Waals surface area contributed by atoms with Crippen molar-refractivity contribution in [2.24, 2.45) is 5.92 Å². The van der Waals surface area contributed by atoms with Crippen LogP contribution >= 0.6 is 0 Å². The van der Waals surface area contributed by atoms with Crippen LogP contribution in [0.2, 0.25) is 0 Å². The minimum atomic E-state index is -1.26. The number of carboxylic acid groups (broad SMARTS) is 1. The maximum atomic E-state index is 14.2. The van der Waals surface area contributed by atoms with E-state index in [1.165, 1.54) is 18.7 Å². The van der Waals surface area contributed by atoms with Crippen LogP contribution in [-0.2, 0) is 0 Å². The fourth-order valence-electron chi connectivity index (χ4n) is 2.87. The molecule has 1 aromatic rings. The molecule has 0 aromatic carbocycles. The Kier molecular flexibility index (Phi) is 4.02. The Balaban J connectivity index is 2.30. The molecule has 0 aliphatic heterocycles. The van der Waals surface area contributed by atoms with Crippen LogP contribution in [0.4, 0.5) is 10.2 Å². The van der Waals surface area contributed by atoms with Crippen molar-refractivity contribution in [2.45, 2.75) is 38.6 Å². The van der Waals surface area contributed by atoms with Crippen LogP contribution in [0.3, 0.4) is 0 Å². The molecular weight excluding hydrogens is 247 g/mol. The molecule has 0 radical (unpaired) electrons. The quantitative estimate of drug-likeness (QED) is 0.914. The molecule has 1 saturated carbocycles. The number of aromatic carboxylic acids is 1. The monoisotopic (exact) mass is 266 g/mol. The molecule has 1 N–H and O–H groups in total. The third kappa shape index (κ3) is 2.69. The van der Waals surface area contributed by atoms with Crippen molar-refractivity contribution in [2.75, 3.05) is 11.9 Å². The summed E-state index contributed by atoms with van der Waals surface area (Å²) in [7, 11) is 1.80. The fourth-order valence-corrected chi connectivity index (χ4v) is 2.87. The zero-order chi connectivity index (χ0) is 14.0. The molecule has 0 bridgehead atoms. The Labute approximate surface area is 112 Å². The average Bonchev–Trinajstić information content (AvgIpc) is 2.38. The van der Waals surface area contributed by atoms with Gasteiger partial charge in [-0.15, -0.1) is 0 Å². The Morgan fingerprint density at radius 2 is 2.16 bits per heavy atom. The van der Waals surface area contributed by atoms with E-state index in [4.69, 9.17) is 5.11 Å². The minimum Gasteiger partial charge on any atom is -0.478 e. The summed E-state index contributed by atoms with van der Waals surface area (Å²) in [4.78, 5) is 16.8. The van der Waals surface area contributed by atoms with E-state index in [1.807, 2.05) is 0 Å². The first-order chi connectivity index (χ1) is 9.02. The lowest BCUT2D eigenvalue weighted by atomic mass is 9.85. The van der Waals surface area contributed by atoms with Crippen LogP contribution in [-0.4, -0.2) is 29.1 Å². The Morgan fingerprint density at radius 1 is 1.47 bits per heavy atom. The van der Waals surface area contributed by atoms with Crippen LogP contribution in [0.1, 0.15) is 43.0 Å². The second-order valence-electron chi connectivity index (χ2n) is 5.24. The van der Waals surface area contributed by atoms with Crippen LogP contribution in [0, 0.1) is 11.7 Å². The van der Waals surface area contributed by atoms with E-state index in [9.17, 15) is 9.18 Å². The van der Waals surface area contributed by atoms with Gasteiger partial charge in [0.2, 0.25) is 0 Å². The molecule has 5 heteroatoms. The summed E-state index contributed by atoms with van der Waals surface area (Å²) in [6.45, 7) is 2.15. The summed E-state index contributed by atoms with van der Waals surface area (Å²) in [5, 5.41) is 8.95. The van der Waals surface area contributed by atoms with E-state index < -0.39 is 11.8 Å². The molecule has 4 nitrogen and oxygen atoms in total. The van der Waals surface area contributed by atoms with Gasteiger partial charge in [0.05, 0.1) is 0 Å². The Morgan fingerprint density at radius 3 is 2.79 bits per heavy atom. The predicted molar refractivity (Wildman–Crippen MR) is 71.0 cm³/mol. The molecule has 1 fully saturated rings. The van der Waals surface area contributed by atoms with Crippen molar-refractivity contribution in [1.82, 2.24) is 4.98 Å². The topological polar surface area (TPSA) is 53.4 Å². The van der Waals surface area contributed by atoms with Crippen LogP contribution in [0.5, 0.6) is 0 Å². The van der Waals surface area contributed by atoms with Gasteiger partial charge >= 0.3 is 5.97 Å². The van der Waals surface area contributed by atoms with E-state index in [-0.39, 0.29) is 17.4 Å². The van der Waals surface area contributed by atoms with Gasteiger partial charge in [0.15, 0.2) is 11.6 Å². The molecule has 19 heavy (non-hydrogen) atoms. The summed E-state index contributed by atoms with van der Waals surface area (Å²) >= 11 is 0. The molecule has 2 atom stereocenters. The molecular formula is C14H19FN2O2. The van der Waals surface area contributed by atoms with Crippen molar-refractivity contribution >= 4 is 11.8 Å². The standard InChI is InChI=1S/C14H19FN2O2/c1-9-5-3-4-6-11(9)17(2)13-12(15)10(14(18)19)7-8-16-13/h7-9,11H,3-6H2,1-2H3,(H,18,19). The fraction of sp³-hybridized carbons (Fsp3) is 0.571. The largest absolute Gasteiger partial charge is 0.478 e. The number of hydrogen-bond donors (Lipinski definition) is 1. The van der Waals surface area contributed by atoms with Gasteiger partial charge in [-0.05, 0) is 24.8 Å². The lowest BCUT2D eigenvalue weighted by molar-refractivity contribution is 0.0691. The third-order valence-electron chi connectivity index (χ3n) is 4.00. The van der Waals surface area contributed by atoms with Gasteiger partial charge in [-0.1, -0.05) is 19.8 Å². The van der Waals surface area contributed by atoms with Gasteiger partial charge in [-0.3, -0.25) is 0 Å². The van der Waals surface area contributed by atoms with E-state index in [1.54, 1.807) is 11.9 Å². The van der Waals surface area contributed by atoms with Crippen LogP contribution in [0.25, 0.3) is 0 Å². The summed E-state index contributed by atoms with van der Waals surface area (Å²) in [6.07, 6.45) is 5.80. The first-order valence-electron chi connectivity index (χ1n) is 6.63. The first-order valence-corrected chi connectivity index (χ1v) is 6.63. The van der Waals surface area contributed by atoms with E-state index in [0.29, 0.717) is 5.92 Å². The molecule has 0 spiro atoms. The van der Waals surface area contributed by atoms with Crippen molar-refractivity contribution in [3.63, 3.8) is 0 Å². The van der Waals surface area contributed by atoms with Gasteiger partial charge in [-0.25, -0.2) is 14.2 Å². The van der Waals surface area contributed by atoms with E-state index in [0.717, 1.165) is 19.3 Å². The highest BCUT2D eigenvalue weighted by Gasteiger charge is 2.28. The van der Waals surface area contributed by atoms with Gasteiger partial charge in [0, 0.05) is 19.3 Å². The molecule has 1 heterocycles. The molecule has 2 rings (SSSR count). The average molecular weight is 266 g/mol. The Bertz CT molecular complexity index is 479. The van der Waals surface area contributed by atoms with Gasteiger partial charge < -0.3 is 10.0 Å². The number of pyridine rings is 1. The zero-order valence-corrected chi connectivity index (χ0v) is 11.3. The summed E-state index contributed by atoms with van der Waals surface area (Å²) in [5.41, 5.74) is -0.319. The van der Waals surface area contributed by atoms with Gasteiger partial charge in [0.25, 0.3) is 0 Å². The number of carboxylic acids is 1. The molecule has 104 valence electrons. The summed E-state index contributed by atoms with van der Waals surface area (Å²) in [5.74, 6) is -1.39. The molecule has 1 aliphatic rings. The molecule has 2 unspecified atom stereocenters. The minimum absolute atomic E-state index is 0.138. The second-order valence-corrected chi connectivity index (χ2v) is 5.24. The molecule has 0 amide bonds. The highest BCUT2D eigenvalue weighted by Crippen LogP contribution is 2.31.